The number of fused-ring (bicyclic) bond motifs is 1. The third kappa shape index (κ3) is 1.46. The summed E-state index contributed by atoms with van der Waals surface area (Å²) >= 11 is 0. The van der Waals surface area contributed by atoms with E-state index in [1.165, 1.54) is 19.2 Å². The van der Waals surface area contributed by atoms with Gasteiger partial charge in [-0.1, -0.05) is 0 Å². The first-order chi connectivity index (χ1) is 7.54. The number of halogens is 1. The molecule has 2 rings (SSSR count). The molecule has 0 aliphatic carbocycles. The summed E-state index contributed by atoms with van der Waals surface area (Å²) in [5, 5.41) is 0.813. The Hall–Kier alpha value is -1.84. The van der Waals surface area contributed by atoms with Crippen LogP contribution in [0.3, 0.4) is 0 Å². The van der Waals surface area contributed by atoms with E-state index in [9.17, 15) is 9.18 Å². The van der Waals surface area contributed by atoms with Crippen molar-refractivity contribution in [3.8, 4) is 0 Å². The van der Waals surface area contributed by atoms with Crippen molar-refractivity contribution in [3.63, 3.8) is 0 Å². The van der Waals surface area contributed by atoms with E-state index in [0.29, 0.717) is 0 Å². The number of aromatic nitrogens is 1. The van der Waals surface area contributed by atoms with Crippen molar-refractivity contribution in [1.82, 2.24) is 4.57 Å². The lowest BCUT2D eigenvalue weighted by Crippen LogP contribution is -2.04. The fourth-order valence-electron chi connectivity index (χ4n) is 1.87. The summed E-state index contributed by atoms with van der Waals surface area (Å²) in [6.07, 6.45) is 1.89. The zero-order chi connectivity index (χ0) is 11.9. The molecule has 1 heterocycles. The van der Waals surface area contributed by atoms with Crippen LogP contribution < -0.4 is 0 Å². The molecule has 0 N–H and O–H groups in total. The maximum Gasteiger partial charge on any atom is 0.340 e. The van der Waals surface area contributed by atoms with Gasteiger partial charge in [-0.25, -0.2) is 9.18 Å². The van der Waals surface area contributed by atoms with Crippen molar-refractivity contribution in [2.75, 3.05) is 7.11 Å². The summed E-state index contributed by atoms with van der Waals surface area (Å²) in [6.45, 7) is 1.90. The van der Waals surface area contributed by atoms with Crippen LogP contribution >= 0.6 is 0 Å². The summed E-state index contributed by atoms with van der Waals surface area (Å²) in [5.74, 6) is -1.20. The van der Waals surface area contributed by atoms with E-state index in [4.69, 9.17) is 0 Å². The first kappa shape index (κ1) is 10.7. The SMILES string of the molecule is COC(=O)c1cc2c(cc1F)c(C)cn2C. The van der Waals surface area contributed by atoms with Crippen molar-refractivity contribution in [2.45, 2.75) is 6.92 Å². The van der Waals surface area contributed by atoms with Crippen LogP contribution in [-0.2, 0) is 11.8 Å². The second kappa shape index (κ2) is 3.63. The van der Waals surface area contributed by atoms with Crippen LogP contribution in [0.25, 0.3) is 10.9 Å². The fraction of sp³-hybridized carbons (Fsp3) is 0.250. The lowest BCUT2D eigenvalue weighted by atomic mass is 10.1. The van der Waals surface area contributed by atoms with Crippen LogP contribution in [0.15, 0.2) is 18.3 Å². The molecule has 0 saturated heterocycles. The Morgan fingerprint density at radius 2 is 2.12 bits per heavy atom. The maximum absolute atomic E-state index is 13.6. The van der Waals surface area contributed by atoms with E-state index < -0.39 is 11.8 Å². The third-order valence-electron chi connectivity index (χ3n) is 2.68. The zero-order valence-corrected chi connectivity index (χ0v) is 9.37. The molecule has 1 aromatic carbocycles. The normalized spacial score (nSPS) is 10.8. The topological polar surface area (TPSA) is 31.2 Å². The largest absolute Gasteiger partial charge is 0.465 e. The molecular formula is C12H12FNO2. The number of rotatable bonds is 1. The van der Waals surface area contributed by atoms with Gasteiger partial charge in [0, 0.05) is 24.1 Å². The molecule has 3 nitrogen and oxygen atoms in total. The molecule has 0 saturated carbocycles. The minimum Gasteiger partial charge on any atom is -0.465 e. The standard InChI is InChI=1S/C12H12FNO2/c1-7-6-14(2)11-5-9(12(15)16-3)10(13)4-8(7)11/h4-6H,1-3H3. The van der Waals surface area contributed by atoms with Crippen molar-refractivity contribution in [3.05, 3.63) is 35.3 Å². The summed E-state index contributed by atoms with van der Waals surface area (Å²) in [7, 11) is 3.09. The van der Waals surface area contributed by atoms with Crippen LogP contribution in [0.1, 0.15) is 15.9 Å². The summed E-state index contributed by atoms with van der Waals surface area (Å²) in [4.78, 5) is 11.3. The molecule has 16 heavy (non-hydrogen) atoms. The van der Waals surface area contributed by atoms with Gasteiger partial charge in [0.05, 0.1) is 12.7 Å². The first-order valence-corrected chi connectivity index (χ1v) is 4.88. The van der Waals surface area contributed by atoms with Gasteiger partial charge in [-0.05, 0) is 24.6 Å². The molecule has 84 valence electrons. The molecule has 0 unspecified atom stereocenters. The number of esters is 1. The summed E-state index contributed by atoms with van der Waals surface area (Å²) in [5.41, 5.74) is 1.77. The van der Waals surface area contributed by atoms with E-state index >= 15 is 0 Å². The lowest BCUT2D eigenvalue weighted by molar-refractivity contribution is 0.0595. The second-order valence-corrected chi connectivity index (χ2v) is 3.76. The summed E-state index contributed by atoms with van der Waals surface area (Å²) in [6, 6.07) is 2.89. The average molecular weight is 221 g/mol. The predicted octanol–water partition coefficient (Wildman–Crippen LogP) is 2.41. The Labute approximate surface area is 92.4 Å². The van der Waals surface area contributed by atoms with Crippen molar-refractivity contribution < 1.29 is 13.9 Å². The van der Waals surface area contributed by atoms with Gasteiger partial charge in [-0.15, -0.1) is 0 Å². The van der Waals surface area contributed by atoms with Gasteiger partial charge in [0.25, 0.3) is 0 Å². The Morgan fingerprint density at radius 1 is 1.44 bits per heavy atom. The summed E-state index contributed by atoms with van der Waals surface area (Å²) < 4.78 is 20.0. The van der Waals surface area contributed by atoms with Gasteiger partial charge < -0.3 is 9.30 Å². The molecule has 0 fully saturated rings. The highest BCUT2D eigenvalue weighted by Crippen LogP contribution is 2.23. The van der Waals surface area contributed by atoms with Gasteiger partial charge >= 0.3 is 5.97 Å². The van der Waals surface area contributed by atoms with E-state index in [0.717, 1.165) is 16.5 Å². The number of nitrogens with zero attached hydrogens (tertiary/aromatic N) is 1. The molecule has 2 aromatic rings. The fourth-order valence-corrected chi connectivity index (χ4v) is 1.87. The van der Waals surface area contributed by atoms with Gasteiger partial charge in [-0.3, -0.25) is 0 Å². The molecule has 0 aliphatic rings. The number of aryl methyl sites for hydroxylation is 2. The minimum atomic E-state index is -0.654. The highest BCUT2D eigenvalue weighted by Gasteiger charge is 2.15. The van der Waals surface area contributed by atoms with Gasteiger partial charge in [0.2, 0.25) is 0 Å². The van der Waals surface area contributed by atoms with Gasteiger partial charge in [0.15, 0.2) is 0 Å². The molecule has 0 bridgehead atoms. The molecule has 0 radical (unpaired) electrons. The highest BCUT2D eigenvalue weighted by molar-refractivity contribution is 5.95. The molecule has 0 aliphatic heterocycles. The second-order valence-electron chi connectivity index (χ2n) is 3.76. The monoisotopic (exact) mass is 221 g/mol. The lowest BCUT2D eigenvalue weighted by Gasteiger charge is -2.03. The van der Waals surface area contributed by atoms with Crippen LogP contribution in [0, 0.1) is 12.7 Å². The average Bonchev–Trinajstić information content (AvgIpc) is 2.52. The number of hydrogen-bond donors (Lipinski definition) is 0. The first-order valence-electron chi connectivity index (χ1n) is 4.88. The van der Waals surface area contributed by atoms with Gasteiger partial charge in [0.1, 0.15) is 5.82 Å². The van der Waals surface area contributed by atoms with E-state index in [-0.39, 0.29) is 5.56 Å². The van der Waals surface area contributed by atoms with Gasteiger partial charge in [-0.2, -0.15) is 0 Å². The molecular weight excluding hydrogens is 209 g/mol. The molecule has 0 atom stereocenters. The van der Waals surface area contributed by atoms with E-state index in [2.05, 4.69) is 4.74 Å². The van der Waals surface area contributed by atoms with Crippen molar-refractivity contribution >= 4 is 16.9 Å². The number of benzene rings is 1. The molecule has 0 amide bonds. The van der Waals surface area contributed by atoms with Crippen molar-refractivity contribution in [2.24, 2.45) is 7.05 Å². The minimum absolute atomic E-state index is 0.0313. The molecule has 1 aromatic heterocycles. The Morgan fingerprint density at radius 3 is 2.75 bits per heavy atom. The molecule has 0 spiro atoms. The number of carbonyl (C=O) groups is 1. The highest BCUT2D eigenvalue weighted by atomic mass is 19.1. The Bertz CT molecular complexity index is 572. The Kier molecular flexibility index (Phi) is 2.42. The number of methoxy groups -OCH3 is 1. The molecule has 4 heteroatoms. The van der Waals surface area contributed by atoms with Crippen LogP contribution in [0.2, 0.25) is 0 Å². The van der Waals surface area contributed by atoms with Crippen molar-refractivity contribution in [1.29, 1.82) is 0 Å². The predicted molar refractivity (Wildman–Crippen MR) is 59.0 cm³/mol. The van der Waals surface area contributed by atoms with Crippen LogP contribution in [0.4, 0.5) is 4.39 Å². The smallest absolute Gasteiger partial charge is 0.340 e. The number of ether oxygens (including phenoxy) is 1. The number of hydrogen-bond acceptors (Lipinski definition) is 2. The maximum atomic E-state index is 13.6. The van der Waals surface area contributed by atoms with Crippen LogP contribution in [-0.4, -0.2) is 17.6 Å². The van der Waals surface area contributed by atoms with E-state index in [1.54, 1.807) is 0 Å². The third-order valence-corrected chi connectivity index (χ3v) is 2.68. The quantitative estimate of drug-likeness (QED) is 0.692. The van der Waals surface area contributed by atoms with Crippen LogP contribution in [0.5, 0.6) is 0 Å². The Balaban J connectivity index is 2.75. The zero-order valence-electron chi connectivity index (χ0n) is 9.37. The number of carbonyl (C=O) groups excluding carboxylic acids is 1. The van der Waals surface area contributed by atoms with E-state index in [1.807, 2.05) is 24.7 Å².